The number of hydrogen-bond acceptors (Lipinski definition) is 3. The number of nitrogens with one attached hydrogen (secondary N) is 3. The van der Waals surface area contributed by atoms with E-state index in [4.69, 9.17) is 5.41 Å². The quantitative estimate of drug-likeness (QED) is 0.721. The normalized spacial score (nSPS) is 15.7. The van der Waals surface area contributed by atoms with Crippen molar-refractivity contribution in [2.75, 3.05) is 0 Å². The maximum atomic E-state index is 12.4. The Bertz CT molecular complexity index is 919. The van der Waals surface area contributed by atoms with E-state index in [1.807, 2.05) is 30.4 Å². The van der Waals surface area contributed by atoms with Gasteiger partial charge in [0.1, 0.15) is 0 Å². The maximum absolute atomic E-state index is 12.4. The highest BCUT2D eigenvalue weighted by Crippen LogP contribution is 2.15. The van der Waals surface area contributed by atoms with E-state index < -0.39 is 0 Å². The fourth-order valence-electron chi connectivity index (χ4n) is 2.34. The van der Waals surface area contributed by atoms with E-state index in [1.54, 1.807) is 25.3 Å². The molecule has 110 valence electrons. The Labute approximate surface area is 135 Å². The first-order valence-corrected chi connectivity index (χ1v) is 7.58. The van der Waals surface area contributed by atoms with E-state index in [1.165, 1.54) is 0 Å². The zero-order valence-electron chi connectivity index (χ0n) is 11.9. The predicted octanol–water partition coefficient (Wildman–Crippen LogP) is 3.48. The van der Waals surface area contributed by atoms with Crippen LogP contribution in [0, 0.1) is 12.3 Å². The van der Waals surface area contributed by atoms with Gasteiger partial charge in [-0.25, -0.2) is 0 Å². The van der Waals surface area contributed by atoms with Gasteiger partial charge in [0.05, 0.1) is 11.4 Å². The summed E-state index contributed by atoms with van der Waals surface area (Å²) in [6, 6.07) is 7.34. The van der Waals surface area contributed by atoms with Crippen molar-refractivity contribution in [3.8, 4) is 0 Å². The molecule has 2 heterocycles. The Morgan fingerprint density at radius 3 is 2.77 bits per heavy atom. The molecule has 3 rings (SSSR count). The molecule has 22 heavy (non-hydrogen) atoms. The maximum Gasteiger partial charge on any atom is 0.192 e. The van der Waals surface area contributed by atoms with Gasteiger partial charge in [0.2, 0.25) is 0 Å². The summed E-state index contributed by atoms with van der Waals surface area (Å²) in [6.07, 6.45) is 7.26. The second-order valence-electron chi connectivity index (χ2n) is 5.02. The van der Waals surface area contributed by atoms with Gasteiger partial charge in [-0.2, -0.15) is 0 Å². The summed E-state index contributed by atoms with van der Waals surface area (Å²) >= 11 is 3.36. The summed E-state index contributed by atoms with van der Waals surface area (Å²) in [6.45, 7) is 1.74. The Kier molecular flexibility index (Phi) is 3.81. The molecule has 0 spiro atoms. The zero-order valence-corrected chi connectivity index (χ0v) is 13.5. The number of hydrogen-bond donors (Lipinski definition) is 3. The number of allylic oxidation sites excluding steroid dienone is 4. The molecule has 0 saturated carbocycles. The Balaban J connectivity index is 2.05. The molecule has 0 amide bonds. The molecule has 2 aromatic rings. The van der Waals surface area contributed by atoms with Crippen LogP contribution in [0.3, 0.4) is 0 Å². The minimum absolute atomic E-state index is 0.0396. The van der Waals surface area contributed by atoms with Gasteiger partial charge in [-0.05, 0) is 53.2 Å². The molecule has 0 fully saturated rings. The molecule has 0 radical (unpaired) electrons. The molecule has 0 aliphatic carbocycles. The van der Waals surface area contributed by atoms with Crippen LogP contribution in [-0.4, -0.2) is 10.7 Å². The molecule has 3 N–H and O–H groups in total. The van der Waals surface area contributed by atoms with Crippen LogP contribution in [0.1, 0.15) is 11.3 Å². The van der Waals surface area contributed by atoms with Crippen LogP contribution in [0.2, 0.25) is 0 Å². The predicted molar refractivity (Wildman–Crippen MR) is 93.5 cm³/mol. The van der Waals surface area contributed by atoms with Crippen molar-refractivity contribution in [2.45, 2.75) is 6.92 Å². The van der Waals surface area contributed by atoms with Gasteiger partial charge in [-0.15, -0.1) is 0 Å². The van der Waals surface area contributed by atoms with Gasteiger partial charge in [0.25, 0.3) is 0 Å². The van der Waals surface area contributed by atoms with Crippen molar-refractivity contribution < 1.29 is 0 Å². The Morgan fingerprint density at radius 1 is 1.27 bits per heavy atom. The molecule has 4 nitrogen and oxygen atoms in total. The van der Waals surface area contributed by atoms with Crippen LogP contribution in [0.5, 0.6) is 0 Å². The van der Waals surface area contributed by atoms with Gasteiger partial charge in [0.15, 0.2) is 5.43 Å². The largest absolute Gasteiger partial charge is 0.361 e. The minimum atomic E-state index is -0.0396. The van der Waals surface area contributed by atoms with Crippen molar-refractivity contribution in [1.29, 1.82) is 5.41 Å². The van der Waals surface area contributed by atoms with Crippen LogP contribution >= 0.6 is 15.9 Å². The number of halogens is 1. The third-order valence-corrected chi connectivity index (χ3v) is 4.01. The third-order valence-electron chi connectivity index (χ3n) is 3.51. The molecule has 0 bridgehead atoms. The molecular formula is C17H14BrN3O. The molecular weight excluding hydrogens is 342 g/mol. The Hall–Kier alpha value is -2.40. The number of H-pyrrole nitrogens is 1. The smallest absolute Gasteiger partial charge is 0.192 e. The van der Waals surface area contributed by atoms with E-state index in [-0.39, 0.29) is 11.1 Å². The minimum Gasteiger partial charge on any atom is -0.361 e. The van der Waals surface area contributed by atoms with Gasteiger partial charge >= 0.3 is 0 Å². The monoisotopic (exact) mass is 355 g/mol. The lowest BCUT2D eigenvalue weighted by atomic mass is 10.1. The van der Waals surface area contributed by atoms with E-state index in [0.29, 0.717) is 16.6 Å². The lowest BCUT2D eigenvalue weighted by Gasteiger charge is -2.10. The SMILES string of the molecule is Cc1c(C(=N)/C=C2/C=CC(Br)=CN2)[nH]c2ccccc2c1=O. The van der Waals surface area contributed by atoms with Crippen molar-refractivity contribution in [3.05, 3.63) is 80.4 Å². The van der Waals surface area contributed by atoms with Gasteiger partial charge < -0.3 is 10.3 Å². The second-order valence-corrected chi connectivity index (χ2v) is 5.94. The highest BCUT2D eigenvalue weighted by atomic mass is 79.9. The molecule has 1 aliphatic heterocycles. The summed E-state index contributed by atoms with van der Waals surface area (Å²) in [5.74, 6) is 0. The van der Waals surface area contributed by atoms with E-state index >= 15 is 0 Å². The number of fused-ring (bicyclic) bond motifs is 1. The fraction of sp³-hybridized carbons (Fsp3) is 0.0588. The highest BCUT2D eigenvalue weighted by molar-refractivity contribution is 9.11. The van der Waals surface area contributed by atoms with Crippen LogP contribution in [0.4, 0.5) is 0 Å². The van der Waals surface area contributed by atoms with Gasteiger partial charge in [-0.3, -0.25) is 10.2 Å². The Morgan fingerprint density at radius 2 is 2.05 bits per heavy atom. The number of aromatic amines is 1. The summed E-state index contributed by atoms with van der Waals surface area (Å²) in [5.41, 5.74) is 2.85. The summed E-state index contributed by atoms with van der Waals surface area (Å²) in [4.78, 5) is 15.6. The molecule has 1 aliphatic rings. The fourth-order valence-corrected chi connectivity index (χ4v) is 2.59. The number of rotatable bonds is 2. The summed E-state index contributed by atoms with van der Waals surface area (Å²) < 4.78 is 0.937. The first-order valence-electron chi connectivity index (χ1n) is 6.79. The summed E-state index contributed by atoms with van der Waals surface area (Å²) in [5, 5.41) is 12.0. The topological polar surface area (TPSA) is 68.7 Å². The van der Waals surface area contributed by atoms with E-state index in [2.05, 4.69) is 26.2 Å². The molecule has 0 saturated heterocycles. The van der Waals surface area contributed by atoms with Crippen LogP contribution in [0.25, 0.3) is 10.9 Å². The first-order chi connectivity index (χ1) is 10.6. The van der Waals surface area contributed by atoms with Gasteiger partial charge in [0, 0.05) is 32.8 Å². The van der Waals surface area contributed by atoms with Crippen molar-refractivity contribution in [1.82, 2.24) is 10.3 Å². The number of benzene rings is 1. The molecule has 1 aromatic carbocycles. The standard InChI is InChI=1S/C17H14BrN3O/c1-10-16(14(19)8-12-7-6-11(18)9-20-12)21-15-5-3-2-4-13(15)17(10)22/h2-9,19-20H,1H3,(H,21,22)/b12-8-,19-14?. The number of para-hydroxylation sites is 1. The van der Waals surface area contributed by atoms with Crippen LogP contribution < -0.4 is 10.7 Å². The van der Waals surface area contributed by atoms with Crippen molar-refractivity contribution >= 4 is 32.5 Å². The van der Waals surface area contributed by atoms with Gasteiger partial charge in [-0.1, -0.05) is 12.1 Å². The number of aromatic nitrogens is 1. The first kappa shape index (κ1) is 14.5. The lowest BCUT2D eigenvalue weighted by Crippen LogP contribution is -2.16. The second kappa shape index (κ2) is 5.77. The van der Waals surface area contributed by atoms with Crippen LogP contribution in [0.15, 0.2) is 63.7 Å². The van der Waals surface area contributed by atoms with Crippen molar-refractivity contribution in [3.63, 3.8) is 0 Å². The average molecular weight is 356 g/mol. The number of pyridine rings is 1. The van der Waals surface area contributed by atoms with Crippen LogP contribution in [-0.2, 0) is 0 Å². The lowest BCUT2D eigenvalue weighted by molar-refractivity contribution is 1.09. The van der Waals surface area contributed by atoms with Crippen molar-refractivity contribution in [2.24, 2.45) is 0 Å². The molecule has 1 aromatic heterocycles. The zero-order chi connectivity index (χ0) is 15.7. The van der Waals surface area contributed by atoms with E-state index in [9.17, 15) is 4.79 Å². The van der Waals surface area contributed by atoms with E-state index in [0.717, 1.165) is 15.7 Å². The molecule has 5 heteroatoms. The summed E-state index contributed by atoms with van der Waals surface area (Å²) in [7, 11) is 0. The number of dihydropyridines is 1. The average Bonchev–Trinajstić information content (AvgIpc) is 2.53. The molecule has 0 atom stereocenters. The third kappa shape index (κ3) is 2.67. The molecule has 0 unspecified atom stereocenters. The highest BCUT2D eigenvalue weighted by Gasteiger charge is 2.11.